The topological polar surface area (TPSA) is 59.5 Å². The summed E-state index contributed by atoms with van der Waals surface area (Å²) in [5.41, 5.74) is 0.719. The quantitative estimate of drug-likeness (QED) is 0.844. The fourth-order valence-electron chi connectivity index (χ4n) is 1.83. The zero-order valence-electron chi connectivity index (χ0n) is 11.4. The summed E-state index contributed by atoms with van der Waals surface area (Å²) in [5.74, 6) is 0.433. The molecule has 20 heavy (non-hydrogen) atoms. The number of aromatic nitrogens is 1. The van der Waals surface area contributed by atoms with Gasteiger partial charge in [-0.15, -0.1) is 0 Å². The molecule has 1 aromatic carbocycles. The lowest BCUT2D eigenvalue weighted by Crippen LogP contribution is -2.26. The second-order valence-corrected chi connectivity index (χ2v) is 6.29. The number of hydrogen-bond acceptors (Lipinski definition) is 4. The van der Waals surface area contributed by atoms with E-state index < -0.39 is 10.0 Å². The van der Waals surface area contributed by atoms with Gasteiger partial charge in [0, 0.05) is 25.4 Å². The van der Waals surface area contributed by atoms with Crippen LogP contribution in [-0.4, -0.2) is 31.9 Å². The Morgan fingerprint density at radius 3 is 2.50 bits per heavy atom. The molecule has 1 heterocycles. The molecule has 0 saturated heterocycles. The van der Waals surface area contributed by atoms with Gasteiger partial charge in [0.15, 0.2) is 0 Å². The Hall–Kier alpha value is -1.92. The van der Waals surface area contributed by atoms with Crippen LogP contribution in [0.5, 0.6) is 5.88 Å². The normalized spacial score (nSPS) is 11.6. The van der Waals surface area contributed by atoms with Crippen LogP contribution in [0, 0.1) is 0 Å². The maximum Gasteiger partial charge on any atom is 0.243 e. The number of benzene rings is 1. The summed E-state index contributed by atoms with van der Waals surface area (Å²) >= 11 is 0. The highest BCUT2D eigenvalue weighted by molar-refractivity contribution is 7.89. The summed E-state index contributed by atoms with van der Waals surface area (Å²) in [6.07, 6.45) is 1.61. The van der Waals surface area contributed by atoms with Gasteiger partial charge in [0.1, 0.15) is 0 Å². The molecule has 0 N–H and O–H groups in total. The largest absolute Gasteiger partial charge is 0.481 e. The van der Waals surface area contributed by atoms with Crippen LogP contribution in [0.1, 0.15) is 5.56 Å². The first kappa shape index (κ1) is 14.5. The first-order valence-corrected chi connectivity index (χ1v) is 7.49. The van der Waals surface area contributed by atoms with Crippen LogP contribution >= 0.6 is 0 Å². The van der Waals surface area contributed by atoms with Crippen molar-refractivity contribution in [3.63, 3.8) is 0 Å². The monoisotopic (exact) mass is 292 g/mol. The minimum absolute atomic E-state index is 0.203. The molecule has 0 aliphatic heterocycles. The number of nitrogens with zero attached hydrogens (tertiary/aromatic N) is 2. The Bertz CT molecular complexity index is 672. The fraction of sp³-hybridized carbons (Fsp3) is 0.214. The molecule has 0 amide bonds. The highest BCUT2D eigenvalue weighted by atomic mass is 32.2. The average molecular weight is 292 g/mol. The first-order valence-electron chi connectivity index (χ1n) is 6.05. The summed E-state index contributed by atoms with van der Waals surface area (Å²) in [6.45, 7) is 0.203. The van der Waals surface area contributed by atoms with E-state index in [0.29, 0.717) is 5.88 Å². The molecule has 0 saturated carbocycles. The smallest absolute Gasteiger partial charge is 0.243 e. The predicted octanol–water partition coefficient (Wildman–Crippen LogP) is 1.91. The Morgan fingerprint density at radius 2 is 1.85 bits per heavy atom. The molecule has 6 heteroatoms. The van der Waals surface area contributed by atoms with Crippen molar-refractivity contribution in [3.8, 4) is 5.88 Å². The molecule has 1 aromatic heterocycles. The van der Waals surface area contributed by atoms with Gasteiger partial charge < -0.3 is 4.74 Å². The maximum atomic E-state index is 12.4. The minimum Gasteiger partial charge on any atom is -0.481 e. The molecular weight excluding hydrogens is 276 g/mol. The zero-order chi connectivity index (χ0) is 14.6. The third-order valence-electron chi connectivity index (χ3n) is 2.89. The van der Waals surface area contributed by atoms with Crippen molar-refractivity contribution in [2.45, 2.75) is 11.4 Å². The molecule has 106 valence electrons. The van der Waals surface area contributed by atoms with Crippen molar-refractivity contribution >= 4 is 10.0 Å². The van der Waals surface area contributed by atoms with Crippen LogP contribution in [-0.2, 0) is 16.6 Å². The SMILES string of the molecule is COc1ncccc1CN(C)S(=O)(=O)c1ccccc1. The van der Waals surface area contributed by atoms with E-state index in [0.717, 1.165) is 5.56 Å². The summed E-state index contributed by atoms with van der Waals surface area (Å²) in [7, 11) is -0.464. The molecule has 2 rings (SSSR count). The highest BCUT2D eigenvalue weighted by Crippen LogP contribution is 2.20. The van der Waals surface area contributed by atoms with Crippen LogP contribution < -0.4 is 4.74 Å². The van der Waals surface area contributed by atoms with Crippen LogP contribution in [0.3, 0.4) is 0 Å². The molecule has 2 aromatic rings. The molecule has 0 atom stereocenters. The standard InChI is InChI=1S/C14H16N2O3S/c1-16(11-12-7-6-10-15-14(12)19-2)20(17,18)13-8-4-3-5-9-13/h3-10H,11H2,1-2H3. The van der Waals surface area contributed by atoms with Crippen LogP contribution in [0.25, 0.3) is 0 Å². The molecule has 0 unspecified atom stereocenters. The van der Waals surface area contributed by atoms with Crippen molar-refractivity contribution < 1.29 is 13.2 Å². The second-order valence-electron chi connectivity index (χ2n) is 4.25. The van der Waals surface area contributed by atoms with Gasteiger partial charge in [-0.1, -0.05) is 24.3 Å². The number of sulfonamides is 1. The maximum absolute atomic E-state index is 12.4. The predicted molar refractivity (Wildman–Crippen MR) is 75.9 cm³/mol. The average Bonchev–Trinajstić information content (AvgIpc) is 2.48. The Morgan fingerprint density at radius 1 is 1.15 bits per heavy atom. The van der Waals surface area contributed by atoms with E-state index in [2.05, 4.69) is 4.98 Å². The van der Waals surface area contributed by atoms with Gasteiger partial charge in [0.25, 0.3) is 0 Å². The molecular formula is C14H16N2O3S. The molecule has 0 aliphatic rings. The minimum atomic E-state index is -3.51. The molecule has 5 nitrogen and oxygen atoms in total. The van der Waals surface area contributed by atoms with Gasteiger partial charge in [-0.05, 0) is 18.2 Å². The lowest BCUT2D eigenvalue weighted by molar-refractivity contribution is 0.382. The van der Waals surface area contributed by atoms with E-state index in [-0.39, 0.29) is 11.4 Å². The van der Waals surface area contributed by atoms with Gasteiger partial charge in [-0.2, -0.15) is 4.31 Å². The van der Waals surface area contributed by atoms with Gasteiger partial charge in [0.05, 0.1) is 12.0 Å². The van der Waals surface area contributed by atoms with E-state index in [1.165, 1.54) is 18.5 Å². The fourth-order valence-corrected chi connectivity index (χ4v) is 3.00. The Labute approximate surface area is 118 Å². The third-order valence-corrected chi connectivity index (χ3v) is 4.71. The van der Waals surface area contributed by atoms with Crippen molar-refractivity contribution in [1.29, 1.82) is 0 Å². The summed E-state index contributed by atoms with van der Waals surface area (Å²) in [5, 5.41) is 0. The van der Waals surface area contributed by atoms with E-state index >= 15 is 0 Å². The summed E-state index contributed by atoms with van der Waals surface area (Å²) in [4.78, 5) is 4.33. The molecule has 0 radical (unpaired) electrons. The zero-order valence-corrected chi connectivity index (χ0v) is 12.2. The highest BCUT2D eigenvalue weighted by Gasteiger charge is 2.21. The van der Waals surface area contributed by atoms with E-state index in [9.17, 15) is 8.42 Å². The van der Waals surface area contributed by atoms with Crippen molar-refractivity contribution in [1.82, 2.24) is 9.29 Å². The number of ether oxygens (including phenoxy) is 1. The summed E-state index contributed by atoms with van der Waals surface area (Å²) in [6, 6.07) is 11.9. The van der Waals surface area contributed by atoms with Gasteiger partial charge in [-0.25, -0.2) is 13.4 Å². The number of hydrogen-bond donors (Lipinski definition) is 0. The number of methoxy groups -OCH3 is 1. The van der Waals surface area contributed by atoms with Crippen LogP contribution in [0.4, 0.5) is 0 Å². The van der Waals surface area contributed by atoms with Gasteiger partial charge in [0.2, 0.25) is 15.9 Å². The lowest BCUT2D eigenvalue weighted by Gasteiger charge is -2.18. The van der Waals surface area contributed by atoms with Crippen LogP contribution in [0.2, 0.25) is 0 Å². The molecule has 0 bridgehead atoms. The van der Waals surface area contributed by atoms with Crippen molar-refractivity contribution in [2.24, 2.45) is 0 Å². The van der Waals surface area contributed by atoms with Crippen molar-refractivity contribution in [3.05, 3.63) is 54.2 Å². The molecule has 0 fully saturated rings. The Kier molecular flexibility index (Phi) is 4.36. The molecule has 0 aliphatic carbocycles. The number of rotatable bonds is 5. The molecule has 0 spiro atoms. The number of pyridine rings is 1. The van der Waals surface area contributed by atoms with Gasteiger partial charge >= 0.3 is 0 Å². The Balaban J connectivity index is 2.26. The van der Waals surface area contributed by atoms with Gasteiger partial charge in [-0.3, -0.25) is 0 Å². The summed E-state index contributed by atoms with van der Waals surface area (Å²) < 4.78 is 31.2. The second kappa shape index (κ2) is 6.02. The van der Waals surface area contributed by atoms with E-state index in [4.69, 9.17) is 4.74 Å². The van der Waals surface area contributed by atoms with E-state index in [1.54, 1.807) is 48.7 Å². The van der Waals surface area contributed by atoms with E-state index in [1.807, 2.05) is 0 Å². The van der Waals surface area contributed by atoms with Crippen molar-refractivity contribution in [2.75, 3.05) is 14.2 Å². The first-order chi connectivity index (χ1) is 9.55. The third kappa shape index (κ3) is 2.97. The lowest BCUT2D eigenvalue weighted by atomic mass is 10.3. The van der Waals surface area contributed by atoms with Crippen LogP contribution in [0.15, 0.2) is 53.6 Å².